The van der Waals surface area contributed by atoms with Gasteiger partial charge >= 0.3 is 0 Å². The Bertz CT molecular complexity index is 1440. The Labute approximate surface area is 223 Å². The molecule has 0 unspecified atom stereocenters. The van der Waals surface area contributed by atoms with Crippen LogP contribution in [0.15, 0.2) is 69.1 Å². The van der Waals surface area contributed by atoms with E-state index in [-0.39, 0.29) is 17.4 Å². The molecule has 12 heteroatoms. The number of halogens is 1. The van der Waals surface area contributed by atoms with Gasteiger partial charge in [0.1, 0.15) is 6.54 Å². The van der Waals surface area contributed by atoms with Gasteiger partial charge in [-0.05, 0) is 59.3 Å². The standard InChI is InChI=1S/C25H24BrN3O7S/c1-16-4-7-19(8-5-16)37(31,32)29(18-6-9-21(33-2)22(11-18)34-3)14-25(30)28-27-13-17-10-23-24(12-20(17)26)36-15-35-23/h4-13H,14-15H2,1-3H3,(H,28,30)/b27-13+. The van der Waals surface area contributed by atoms with Crippen molar-refractivity contribution >= 4 is 43.8 Å². The molecule has 0 aromatic heterocycles. The minimum Gasteiger partial charge on any atom is -0.493 e. The van der Waals surface area contributed by atoms with Gasteiger partial charge in [-0.25, -0.2) is 13.8 Å². The first kappa shape index (κ1) is 26.3. The summed E-state index contributed by atoms with van der Waals surface area (Å²) in [5, 5.41) is 3.98. The third-order valence-corrected chi connectivity index (χ3v) is 7.91. The molecular weight excluding hydrogens is 566 g/mol. The number of ether oxygens (including phenoxy) is 4. The SMILES string of the molecule is COc1ccc(N(CC(=O)N/N=C/c2cc3c(cc2Br)OCO3)S(=O)(=O)c2ccc(C)cc2)cc1OC. The number of nitrogens with zero attached hydrogens (tertiary/aromatic N) is 2. The number of hydrogen-bond donors (Lipinski definition) is 1. The molecule has 37 heavy (non-hydrogen) atoms. The molecule has 10 nitrogen and oxygen atoms in total. The molecule has 0 fully saturated rings. The predicted molar refractivity (Wildman–Crippen MR) is 141 cm³/mol. The average molecular weight is 590 g/mol. The molecule has 1 aliphatic heterocycles. The number of carbonyl (C=O) groups excluding carboxylic acids is 1. The van der Waals surface area contributed by atoms with E-state index in [4.69, 9.17) is 18.9 Å². The fourth-order valence-corrected chi connectivity index (χ4v) is 5.34. The number of benzene rings is 3. The lowest BCUT2D eigenvalue weighted by Gasteiger charge is -2.24. The number of nitrogens with one attached hydrogen (secondary N) is 1. The largest absolute Gasteiger partial charge is 0.493 e. The molecule has 0 aliphatic carbocycles. The molecule has 0 saturated heterocycles. The van der Waals surface area contributed by atoms with Crippen LogP contribution < -0.4 is 28.7 Å². The Morgan fingerprint density at radius 3 is 2.41 bits per heavy atom. The van der Waals surface area contributed by atoms with Crippen molar-refractivity contribution in [2.45, 2.75) is 11.8 Å². The lowest BCUT2D eigenvalue weighted by Crippen LogP contribution is -2.39. The second-order valence-electron chi connectivity index (χ2n) is 7.88. The van der Waals surface area contributed by atoms with Gasteiger partial charge in [-0.1, -0.05) is 17.7 Å². The van der Waals surface area contributed by atoms with Crippen LogP contribution in [-0.4, -0.2) is 48.1 Å². The molecular formula is C25H24BrN3O7S. The van der Waals surface area contributed by atoms with Gasteiger partial charge in [-0.3, -0.25) is 9.10 Å². The molecule has 1 N–H and O–H groups in total. The van der Waals surface area contributed by atoms with E-state index in [1.807, 2.05) is 6.92 Å². The number of carbonyl (C=O) groups is 1. The molecule has 3 aromatic rings. The fourth-order valence-electron chi connectivity index (χ4n) is 3.50. The third-order valence-electron chi connectivity index (χ3n) is 5.44. The van der Waals surface area contributed by atoms with Crippen molar-refractivity contribution in [3.63, 3.8) is 0 Å². The van der Waals surface area contributed by atoms with Gasteiger partial charge in [0.05, 0.1) is 31.0 Å². The van der Waals surface area contributed by atoms with Gasteiger partial charge in [0.2, 0.25) is 6.79 Å². The van der Waals surface area contributed by atoms with Gasteiger partial charge in [-0.15, -0.1) is 0 Å². The van der Waals surface area contributed by atoms with Gasteiger partial charge in [0, 0.05) is 16.1 Å². The smallest absolute Gasteiger partial charge is 0.264 e. The maximum absolute atomic E-state index is 13.6. The first-order chi connectivity index (χ1) is 17.7. The Hall–Kier alpha value is -3.77. The second kappa shape index (κ2) is 11.1. The second-order valence-corrected chi connectivity index (χ2v) is 10.6. The first-order valence-corrected chi connectivity index (χ1v) is 13.2. The minimum atomic E-state index is -4.11. The van der Waals surface area contributed by atoms with Crippen LogP contribution in [0.1, 0.15) is 11.1 Å². The highest BCUT2D eigenvalue weighted by Gasteiger charge is 2.28. The summed E-state index contributed by atoms with van der Waals surface area (Å²) in [7, 11) is -1.20. The van der Waals surface area contributed by atoms with Crippen LogP contribution in [-0.2, 0) is 14.8 Å². The molecule has 0 bridgehead atoms. The van der Waals surface area contributed by atoms with E-state index in [0.29, 0.717) is 33.0 Å². The zero-order valence-electron chi connectivity index (χ0n) is 20.2. The Morgan fingerprint density at radius 1 is 1.05 bits per heavy atom. The molecule has 1 aliphatic rings. The number of hydrazone groups is 1. The van der Waals surface area contributed by atoms with Crippen molar-refractivity contribution in [2.75, 3.05) is 31.9 Å². The quantitative estimate of drug-likeness (QED) is 0.297. The summed E-state index contributed by atoms with van der Waals surface area (Å²) in [4.78, 5) is 12.9. The molecule has 0 atom stereocenters. The predicted octanol–water partition coefficient (Wildman–Crippen LogP) is 3.85. The number of rotatable bonds is 9. The van der Waals surface area contributed by atoms with E-state index in [1.54, 1.807) is 30.3 Å². The zero-order chi connectivity index (χ0) is 26.6. The molecule has 0 radical (unpaired) electrons. The van der Waals surface area contributed by atoms with Gasteiger partial charge in [0.15, 0.2) is 23.0 Å². The van der Waals surface area contributed by atoms with Crippen LogP contribution >= 0.6 is 15.9 Å². The number of amides is 1. The van der Waals surface area contributed by atoms with Crippen molar-refractivity contribution in [1.82, 2.24) is 5.43 Å². The van der Waals surface area contributed by atoms with E-state index in [1.165, 1.54) is 44.7 Å². The summed E-state index contributed by atoms with van der Waals surface area (Å²) in [6.45, 7) is 1.44. The summed E-state index contributed by atoms with van der Waals surface area (Å²) in [6, 6.07) is 14.4. The number of aryl methyl sites for hydroxylation is 1. The van der Waals surface area contributed by atoms with E-state index in [0.717, 1.165) is 9.87 Å². The summed E-state index contributed by atoms with van der Waals surface area (Å²) in [5.41, 5.74) is 4.14. The van der Waals surface area contributed by atoms with Crippen molar-refractivity contribution in [2.24, 2.45) is 5.10 Å². The summed E-state index contributed by atoms with van der Waals surface area (Å²) >= 11 is 3.42. The lowest BCUT2D eigenvalue weighted by molar-refractivity contribution is -0.119. The maximum Gasteiger partial charge on any atom is 0.264 e. The number of hydrogen-bond acceptors (Lipinski definition) is 8. The molecule has 1 heterocycles. The van der Waals surface area contributed by atoms with E-state index >= 15 is 0 Å². The molecule has 1 amide bonds. The Kier molecular flexibility index (Phi) is 7.89. The van der Waals surface area contributed by atoms with E-state index in [9.17, 15) is 13.2 Å². The number of fused-ring (bicyclic) bond motifs is 1. The Morgan fingerprint density at radius 2 is 1.73 bits per heavy atom. The van der Waals surface area contributed by atoms with Gasteiger partial charge in [0.25, 0.3) is 15.9 Å². The molecule has 4 rings (SSSR count). The highest BCUT2D eigenvalue weighted by atomic mass is 79.9. The van der Waals surface area contributed by atoms with Crippen LogP contribution in [0.5, 0.6) is 23.0 Å². The van der Waals surface area contributed by atoms with E-state index in [2.05, 4.69) is 26.5 Å². The lowest BCUT2D eigenvalue weighted by atomic mass is 10.2. The van der Waals surface area contributed by atoms with Gasteiger partial charge < -0.3 is 18.9 Å². The van der Waals surface area contributed by atoms with E-state index < -0.39 is 22.5 Å². The number of sulfonamides is 1. The minimum absolute atomic E-state index is 0.0356. The summed E-state index contributed by atoms with van der Waals surface area (Å²) in [5.74, 6) is 1.23. The highest BCUT2D eigenvalue weighted by molar-refractivity contribution is 9.10. The molecule has 0 spiro atoms. The topological polar surface area (TPSA) is 116 Å². The van der Waals surface area contributed by atoms with Crippen LogP contribution in [0.3, 0.4) is 0 Å². The normalized spacial score (nSPS) is 12.4. The van der Waals surface area contributed by atoms with Crippen molar-refractivity contribution < 1.29 is 32.2 Å². The zero-order valence-corrected chi connectivity index (χ0v) is 22.6. The first-order valence-electron chi connectivity index (χ1n) is 11.0. The van der Waals surface area contributed by atoms with Crippen LogP contribution in [0.4, 0.5) is 5.69 Å². The van der Waals surface area contributed by atoms with Gasteiger partial charge in [-0.2, -0.15) is 5.10 Å². The summed E-state index contributed by atoms with van der Waals surface area (Å²) < 4.78 is 50.1. The molecule has 194 valence electrons. The maximum atomic E-state index is 13.6. The highest BCUT2D eigenvalue weighted by Crippen LogP contribution is 2.36. The number of methoxy groups -OCH3 is 2. The fraction of sp³-hybridized carbons (Fsp3) is 0.200. The Balaban J connectivity index is 1.60. The molecule has 3 aromatic carbocycles. The van der Waals surface area contributed by atoms with Crippen LogP contribution in [0.25, 0.3) is 0 Å². The van der Waals surface area contributed by atoms with Crippen LogP contribution in [0, 0.1) is 6.92 Å². The summed E-state index contributed by atoms with van der Waals surface area (Å²) in [6.07, 6.45) is 1.42. The third kappa shape index (κ3) is 5.81. The number of anilines is 1. The van der Waals surface area contributed by atoms with Crippen molar-refractivity contribution in [1.29, 1.82) is 0 Å². The average Bonchev–Trinajstić information content (AvgIpc) is 3.34. The monoisotopic (exact) mass is 589 g/mol. The molecule has 0 saturated carbocycles. The van der Waals surface area contributed by atoms with Crippen molar-refractivity contribution in [3.05, 3.63) is 70.2 Å². The van der Waals surface area contributed by atoms with Crippen LogP contribution in [0.2, 0.25) is 0 Å². The van der Waals surface area contributed by atoms with Crippen molar-refractivity contribution in [3.8, 4) is 23.0 Å².